The maximum atomic E-state index is 11.7. The summed E-state index contributed by atoms with van der Waals surface area (Å²) in [7, 11) is 1.36. The maximum Gasteiger partial charge on any atom is 0.356 e. The number of aliphatic imine (C=N–C) groups is 1. The smallest absolute Gasteiger partial charge is 0.356 e. The van der Waals surface area contributed by atoms with Gasteiger partial charge in [0.2, 0.25) is 0 Å². The molecular formula is C16H20N2O3. The molecule has 0 saturated carbocycles. The summed E-state index contributed by atoms with van der Waals surface area (Å²) in [5.74, 6) is -0.401. The second kappa shape index (κ2) is 7.71. The molecule has 0 saturated heterocycles. The predicted octanol–water partition coefficient (Wildman–Crippen LogP) is 1.38. The average molecular weight is 288 g/mol. The molecule has 0 fully saturated rings. The van der Waals surface area contributed by atoms with Crippen LogP contribution in [0.25, 0.3) is 0 Å². The minimum atomic E-state index is -0.401. The fourth-order valence-corrected chi connectivity index (χ4v) is 2.34. The largest absolute Gasteiger partial charge is 0.464 e. The number of rotatable bonds is 7. The SMILES string of the molecule is COC(=O)C1=C(CN(CCO)Cc2ccccc2)CC=N1. The van der Waals surface area contributed by atoms with E-state index in [4.69, 9.17) is 4.74 Å². The lowest BCUT2D eigenvalue weighted by molar-refractivity contribution is -0.136. The molecular weight excluding hydrogens is 268 g/mol. The molecule has 2 rings (SSSR count). The van der Waals surface area contributed by atoms with Gasteiger partial charge >= 0.3 is 5.97 Å². The van der Waals surface area contributed by atoms with E-state index in [1.54, 1.807) is 6.21 Å². The molecule has 1 aliphatic heterocycles. The van der Waals surface area contributed by atoms with Crippen molar-refractivity contribution in [1.29, 1.82) is 0 Å². The molecule has 5 nitrogen and oxygen atoms in total. The van der Waals surface area contributed by atoms with Gasteiger partial charge in [0.15, 0.2) is 0 Å². The number of aliphatic hydroxyl groups is 1. The van der Waals surface area contributed by atoms with Crippen LogP contribution in [0.2, 0.25) is 0 Å². The molecule has 0 aliphatic carbocycles. The maximum absolute atomic E-state index is 11.7. The Kier molecular flexibility index (Phi) is 5.66. The number of methoxy groups -OCH3 is 1. The fourth-order valence-electron chi connectivity index (χ4n) is 2.34. The normalized spacial score (nSPS) is 14.0. The molecule has 5 heteroatoms. The lowest BCUT2D eigenvalue weighted by Crippen LogP contribution is -2.29. The zero-order valence-corrected chi connectivity index (χ0v) is 12.2. The molecule has 0 spiro atoms. The summed E-state index contributed by atoms with van der Waals surface area (Å²) < 4.78 is 4.75. The van der Waals surface area contributed by atoms with E-state index in [1.165, 1.54) is 12.7 Å². The van der Waals surface area contributed by atoms with Crippen LogP contribution in [0, 0.1) is 0 Å². The highest BCUT2D eigenvalue weighted by molar-refractivity contribution is 5.93. The highest BCUT2D eigenvalue weighted by atomic mass is 16.5. The highest BCUT2D eigenvalue weighted by Gasteiger charge is 2.20. The Morgan fingerprint density at radius 1 is 1.33 bits per heavy atom. The Labute approximate surface area is 124 Å². The van der Waals surface area contributed by atoms with Crippen LogP contribution in [0.1, 0.15) is 12.0 Å². The number of nitrogens with zero attached hydrogens (tertiary/aromatic N) is 2. The van der Waals surface area contributed by atoms with Crippen LogP contribution in [-0.2, 0) is 16.1 Å². The third kappa shape index (κ3) is 4.24. The molecule has 1 aromatic carbocycles. The van der Waals surface area contributed by atoms with Crippen LogP contribution < -0.4 is 0 Å². The molecule has 1 heterocycles. The van der Waals surface area contributed by atoms with Crippen LogP contribution in [-0.4, -0.2) is 49.0 Å². The lowest BCUT2D eigenvalue weighted by atomic mass is 10.1. The van der Waals surface area contributed by atoms with Gasteiger partial charge in [0.25, 0.3) is 0 Å². The van der Waals surface area contributed by atoms with E-state index < -0.39 is 5.97 Å². The first kappa shape index (κ1) is 15.4. The number of carbonyl (C=O) groups is 1. The number of hydrogen-bond donors (Lipinski definition) is 1. The molecule has 21 heavy (non-hydrogen) atoms. The monoisotopic (exact) mass is 288 g/mol. The van der Waals surface area contributed by atoms with E-state index in [9.17, 15) is 9.90 Å². The average Bonchev–Trinajstić information content (AvgIpc) is 2.96. The standard InChI is InChI=1S/C16H20N2O3/c1-21-16(20)15-14(7-8-17-15)12-18(9-10-19)11-13-5-3-2-4-6-13/h2-6,8,19H,7,9-12H2,1H3. The predicted molar refractivity (Wildman–Crippen MR) is 81.0 cm³/mol. The summed E-state index contributed by atoms with van der Waals surface area (Å²) in [5.41, 5.74) is 2.50. The molecule has 0 bridgehead atoms. The topological polar surface area (TPSA) is 62.1 Å². The lowest BCUT2D eigenvalue weighted by Gasteiger charge is -2.22. The number of benzene rings is 1. The van der Waals surface area contributed by atoms with Crippen molar-refractivity contribution in [1.82, 2.24) is 4.90 Å². The molecule has 0 radical (unpaired) electrons. The van der Waals surface area contributed by atoms with Crippen molar-refractivity contribution in [3.63, 3.8) is 0 Å². The first-order valence-electron chi connectivity index (χ1n) is 6.94. The van der Waals surface area contributed by atoms with Crippen molar-refractivity contribution in [3.8, 4) is 0 Å². The highest BCUT2D eigenvalue weighted by Crippen LogP contribution is 2.19. The van der Waals surface area contributed by atoms with Gasteiger partial charge in [-0.3, -0.25) is 9.89 Å². The van der Waals surface area contributed by atoms with Crippen molar-refractivity contribution in [3.05, 3.63) is 47.2 Å². The Bertz CT molecular complexity index is 538. The molecule has 1 aromatic rings. The number of hydrogen-bond acceptors (Lipinski definition) is 5. The minimum absolute atomic E-state index is 0.0779. The van der Waals surface area contributed by atoms with E-state index in [1.807, 2.05) is 30.3 Å². The third-order valence-electron chi connectivity index (χ3n) is 3.35. The van der Waals surface area contributed by atoms with Gasteiger partial charge in [-0.05, 0) is 11.1 Å². The summed E-state index contributed by atoms with van der Waals surface area (Å²) in [6.07, 6.45) is 2.38. The summed E-state index contributed by atoms with van der Waals surface area (Å²) in [6.45, 7) is 1.95. The van der Waals surface area contributed by atoms with E-state index in [-0.39, 0.29) is 6.61 Å². The first-order valence-corrected chi connectivity index (χ1v) is 6.94. The van der Waals surface area contributed by atoms with Gasteiger partial charge < -0.3 is 9.84 Å². The number of esters is 1. The van der Waals surface area contributed by atoms with Crippen molar-refractivity contribution in [2.24, 2.45) is 4.99 Å². The number of ether oxygens (including phenoxy) is 1. The zero-order chi connectivity index (χ0) is 15.1. The zero-order valence-electron chi connectivity index (χ0n) is 12.2. The van der Waals surface area contributed by atoms with Gasteiger partial charge in [-0.2, -0.15) is 0 Å². The Morgan fingerprint density at radius 2 is 2.10 bits per heavy atom. The van der Waals surface area contributed by atoms with Crippen LogP contribution in [0.4, 0.5) is 0 Å². The quantitative estimate of drug-likeness (QED) is 0.770. The van der Waals surface area contributed by atoms with Crippen LogP contribution in [0.5, 0.6) is 0 Å². The molecule has 1 aliphatic rings. The van der Waals surface area contributed by atoms with Crippen LogP contribution >= 0.6 is 0 Å². The van der Waals surface area contributed by atoms with Gasteiger partial charge in [-0.1, -0.05) is 30.3 Å². The molecule has 1 N–H and O–H groups in total. The Hall–Kier alpha value is -1.98. The second-order valence-electron chi connectivity index (χ2n) is 4.88. The van der Waals surface area contributed by atoms with Crippen molar-refractivity contribution in [2.75, 3.05) is 26.8 Å². The van der Waals surface area contributed by atoms with E-state index in [0.717, 1.165) is 12.1 Å². The third-order valence-corrected chi connectivity index (χ3v) is 3.35. The summed E-state index contributed by atoms with van der Waals surface area (Å²) in [5, 5.41) is 9.23. The summed E-state index contributed by atoms with van der Waals surface area (Å²) in [4.78, 5) is 17.9. The van der Waals surface area contributed by atoms with E-state index in [2.05, 4.69) is 9.89 Å². The summed E-state index contributed by atoms with van der Waals surface area (Å²) in [6, 6.07) is 10.0. The summed E-state index contributed by atoms with van der Waals surface area (Å²) >= 11 is 0. The fraction of sp³-hybridized carbons (Fsp3) is 0.375. The molecule has 0 aromatic heterocycles. The van der Waals surface area contributed by atoms with Crippen molar-refractivity contribution in [2.45, 2.75) is 13.0 Å². The number of aliphatic hydroxyl groups excluding tert-OH is 1. The van der Waals surface area contributed by atoms with Gasteiger partial charge in [-0.15, -0.1) is 0 Å². The first-order chi connectivity index (χ1) is 10.2. The minimum Gasteiger partial charge on any atom is -0.464 e. The Balaban J connectivity index is 2.07. The molecule has 0 unspecified atom stereocenters. The second-order valence-corrected chi connectivity index (χ2v) is 4.88. The van der Waals surface area contributed by atoms with Gasteiger partial charge in [0.05, 0.1) is 13.7 Å². The van der Waals surface area contributed by atoms with E-state index >= 15 is 0 Å². The molecule has 112 valence electrons. The molecule has 0 atom stereocenters. The van der Waals surface area contributed by atoms with Crippen molar-refractivity contribution >= 4 is 12.2 Å². The number of carbonyl (C=O) groups excluding carboxylic acids is 1. The molecule has 0 amide bonds. The van der Waals surface area contributed by atoms with Gasteiger partial charge in [0.1, 0.15) is 5.70 Å². The van der Waals surface area contributed by atoms with Gasteiger partial charge in [0, 0.05) is 32.3 Å². The Morgan fingerprint density at radius 3 is 2.76 bits per heavy atom. The van der Waals surface area contributed by atoms with Crippen LogP contribution in [0.3, 0.4) is 0 Å². The van der Waals surface area contributed by atoms with Gasteiger partial charge in [-0.25, -0.2) is 4.79 Å². The van der Waals surface area contributed by atoms with Crippen LogP contribution in [0.15, 0.2) is 46.6 Å². The van der Waals surface area contributed by atoms with Crippen molar-refractivity contribution < 1.29 is 14.6 Å². The van der Waals surface area contributed by atoms with E-state index in [0.29, 0.717) is 25.2 Å².